The number of carbonyl (C=O) groups excluding carboxylic acids is 2. The Morgan fingerprint density at radius 1 is 0.967 bits per heavy atom. The first-order chi connectivity index (χ1) is 14.4. The Morgan fingerprint density at radius 3 is 2.03 bits per heavy atom. The van der Waals surface area contributed by atoms with E-state index in [2.05, 4.69) is 0 Å². The molecule has 1 fully saturated rings. The molecule has 1 aliphatic rings. The fourth-order valence-corrected chi connectivity index (χ4v) is 3.12. The number of ether oxygens (including phenoxy) is 4. The summed E-state index contributed by atoms with van der Waals surface area (Å²) >= 11 is 11.6. The quantitative estimate of drug-likeness (QED) is 0.639. The zero-order valence-corrected chi connectivity index (χ0v) is 17.5. The lowest BCUT2D eigenvalue weighted by atomic mass is 10.1. The highest BCUT2D eigenvalue weighted by molar-refractivity contribution is 6.30. The van der Waals surface area contributed by atoms with Crippen LogP contribution in [-0.2, 0) is 18.9 Å². The van der Waals surface area contributed by atoms with Gasteiger partial charge >= 0.3 is 11.9 Å². The van der Waals surface area contributed by atoms with Gasteiger partial charge in [0.25, 0.3) is 0 Å². The van der Waals surface area contributed by atoms with Crippen LogP contribution in [0.4, 0.5) is 0 Å². The molecule has 0 saturated carbocycles. The van der Waals surface area contributed by atoms with Gasteiger partial charge in [0.2, 0.25) is 0 Å². The average molecular weight is 455 g/mol. The molecule has 0 spiro atoms. The Bertz CT molecular complexity index is 870. The molecule has 1 heterocycles. The highest BCUT2D eigenvalue weighted by Gasteiger charge is 2.47. The van der Waals surface area contributed by atoms with Gasteiger partial charge < -0.3 is 24.1 Å². The van der Waals surface area contributed by atoms with E-state index in [1.807, 2.05) is 0 Å². The van der Waals surface area contributed by atoms with Gasteiger partial charge in [0, 0.05) is 16.7 Å². The minimum atomic E-state index is -1.25. The number of hydrogen-bond donors (Lipinski definition) is 1. The van der Waals surface area contributed by atoms with Crippen molar-refractivity contribution in [3.63, 3.8) is 0 Å². The molecule has 0 amide bonds. The van der Waals surface area contributed by atoms with Crippen molar-refractivity contribution in [2.75, 3.05) is 13.2 Å². The number of halogens is 2. The molecule has 0 radical (unpaired) electrons. The lowest BCUT2D eigenvalue weighted by Crippen LogP contribution is -2.39. The van der Waals surface area contributed by atoms with Crippen LogP contribution in [0.2, 0.25) is 10.0 Å². The fourth-order valence-electron chi connectivity index (χ4n) is 2.87. The first-order valence-corrected chi connectivity index (χ1v) is 9.99. The molecule has 1 N–H and O–H groups in total. The van der Waals surface area contributed by atoms with Crippen LogP contribution in [0.15, 0.2) is 48.5 Å². The van der Waals surface area contributed by atoms with Crippen molar-refractivity contribution in [1.29, 1.82) is 0 Å². The second kappa shape index (κ2) is 10.2. The molecular weight excluding hydrogens is 435 g/mol. The first kappa shape index (κ1) is 22.5. The van der Waals surface area contributed by atoms with Crippen molar-refractivity contribution in [3.05, 3.63) is 69.7 Å². The molecule has 9 heteroatoms. The van der Waals surface area contributed by atoms with Crippen molar-refractivity contribution in [3.8, 4) is 0 Å². The van der Waals surface area contributed by atoms with Gasteiger partial charge in [-0.1, -0.05) is 23.2 Å². The van der Waals surface area contributed by atoms with Crippen LogP contribution in [0.25, 0.3) is 0 Å². The highest BCUT2D eigenvalue weighted by atomic mass is 35.5. The Hall–Kier alpha value is -2.16. The van der Waals surface area contributed by atoms with E-state index in [1.165, 1.54) is 24.3 Å². The van der Waals surface area contributed by atoms with Crippen molar-refractivity contribution in [1.82, 2.24) is 0 Å². The van der Waals surface area contributed by atoms with E-state index in [0.717, 1.165) is 0 Å². The lowest BCUT2D eigenvalue weighted by Gasteiger charge is -2.20. The van der Waals surface area contributed by atoms with Crippen molar-refractivity contribution in [2.45, 2.75) is 31.5 Å². The van der Waals surface area contributed by atoms with E-state index in [1.54, 1.807) is 31.2 Å². The maximum absolute atomic E-state index is 12.4. The number of esters is 2. The van der Waals surface area contributed by atoms with Crippen molar-refractivity contribution < 1.29 is 33.6 Å². The number of aliphatic hydroxyl groups is 1. The molecule has 2 aromatic carbocycles. The standard InChI is InChI=1S/C21H20Cl2O7/c1-2-27-21-18(30-20(26)13-5-9-15(23)10-6-13)17(24)16(29-21)11-28-19(25)12-3-7-14(22)8-4-12/h3-10,16-18,21,24H,2,11H2,1H3/t16-,17-,18-,21?/m1/s1. The summed E-state index contributed by atoms with van der Waals surface area (Å²) in [5.41, 5.74) is 0.568. The van der Waals surface area contributed by atoms with Crippen LogP contribution >= 0.6 is 23.2 Å². The molecule has 2 aromatic rings. The highest BCUT2D eigenvalue weighted by Crippen LogP contribution is 2.27. The topological polar surface area (TPSA) is 91.3 Å². The van der Waals surface area contributed by atoms with E-state index in [4.69, 9.17) is 42.1 Å². The lowest BCUT2D eigenvalue weighted by molar-refractivity contribution is -0.167. The molecule has 4 atom stereocenters. The van der Waals surface area contributed by atoms with Gasteiger partial charge in [-0.2, -0.15) is 0 Å². The minimum absolute atomic E-state index is 0.249. The van der Waals surface area contributed by atoms with E-state index < -0.39 is 36.5 Å². The van der Waals surface area contributed by atoms with Gasteiger partial charge in [-0.3, -0.25) is 0 Å². The average Bonchev–Trinajstić information content (AvgIpc) is 3.02. The maximum atomic E-state index is 12.4. The second-order valence-electron chi connectivity index (χ2n) is 6.47. The summed E-state index contributed by atoms with van der Waals surface area (Å²) in [4.78, 5) is 24.6. The van der Waals surface area contributed by atoms with Crippen LogP contribution in [0.3, 0.4) is 0 Å². The molecule has 1 saturated heterocycles. The maximum Gasteiger partial charge on any atom is 0.338 e. The third-order valence-electron chi connectivity index (χ3n) is 4.41. The van der Waals surface area contributed by atoms with Gasteiger partial charge in [-0.05, 0) is 55.5 Å². The summed E-state index contributed by atoms with van der Waals surface area (Å²) in [6, 6.07) is 12.3. The summed E-state index contributed by atoms with van der Waals surface area (Å²) in [5.74, 6) is -1.26. The zero-order valence-electron chi connectivity index (χ0n) is 16.0. The number of carbonyl (C=O) groups is 2. The summed E-state index contributed by atoms with van der Waals surface area (Å²) in [6.45, 7) is 1.76. The molecule has 0 aliphatic carbocycles. The van der Waals surface area contributed by atoms with Crippen LogP contribution < -0.4 is 0 Å². The van der Waals surface area contributed by atoms with Gasteiger partial charge in [0.1, 0.15) is 18.8 Å². The Kier molecular flexibility index (Phi) is 7.69. The number of aliphatic hydroxyl groups excluding tert-OH is 1. The van der Waals surface area contributed by atoms with E-state index >= 15 is 0 Å². The number of benzene rings is 2. The molecule has 160 valence electrons. The summed E-state index contributed by atoms with van der Waals surface area (Å²) in [6.07, 6.45) is -4.27. The van der Waals surface area contributed by atoms with Gasteiger partial charge in [0.15, 0.2) is 12.4 Å². The summed E-state index contributed by atoms with van der Waals surface area (Å²) in [7, 11) is 0. The molecule has 1 unspecified atom stereocenters. The predicted octanol–water partition coefficient (Wildman–Crippen LogP) is 3.50. The van der Waals surface area contributed by atoms with Crippen LogP contribution in [0.1, 0.15) is 27.6 Å². The predicted molar refractivity (Wildman–Crippen MR) is 109 cm³/mol. The second-order valence-corrected chi connectivity index (χ2v) is 7.34. The van der Waals surface area contributed by atoms with Crippen molar-refractivity contribution in [2.24, 2.45) is 0 Å². The van der Waals surface area contributed by atoms with E-state index in [9.17, 15) is 14.7 Å². The molecule has 1 aliphatic heterocycles. The molecule has 3 rings (SSSR count). The zero-order chi connectivity index (χ0) is 21.7. The van der Waals surface area contributed by atoms with Gasteiger partial charge in [-0.15, -0.1) is 0 Å². The molecule has 30 heavy (non-hydrogen) atoms. The van der Waals surface area contributed by atoms with Crippen LogP contribution in [0, 0.1) is 0 Å². The van der Waals surface area contributed by atoms with Crippen molar-refractivity contribution >= 4 is 35.1 Å². The smallest absolute Gasteiger partial charge is 0.338 e. The van der Waals surface area contributed by atoms with Gasteiger partial charge in [0.05, 0.1) is 11.1 Å². The summed E-state index contributed by atoms with van der Waals surface area (Å²) in [5, 5.41) is 11.6. The third kappa shape index (κ3) is 5.50. The third-order valence-corrected chi connectivity index (χ3v) is 4.91. The molecule has 7 nitrogen and oxygen atoms in total. The van der Waals surface area contributed by atoms with Crippen LogP contribution in [-0.4, -0.2) is 54.9 Å². The number of rotatable bonds is 7. The normalized spacial score (nSPS) is 23.2. The Morgan fingerprint density at radius 2 is 1.50 bits per heavy atom. The first-order valence-electron chi connectivity index (χ1n) is 9.23. The van der Waals surface area contributed by atoms with Crippen LogP contribution in [0.5, 0.6) is 0 Å². The molecule has 0 aromatic heterocycles. The molecule has 0 bridgehead atoms. The van der Waals surface area contributed by atoms with Gasteiger partial charge in [-0.25, -0.2) is 9.59 Å². The Labute approximate surface area is 183 Å². The monoisotopic (exact) mass is 454 g/mol. The van der Waals surface area contributed by atoms with E-state index in [-0.39, 0.29) is 18.8 Å². The number of hydrogen-bond acceptors (Lipinski definition) is 7. The SMILES string of the molecule is CCOC1O[C@H](COC(=O)c2ccc(Cl)cc2)[C@@H](O)[C@H]1OC(=O)c1ccc(Cl)cc1. The molecular formula is C21H20Cl2O7. The minimum Gasteiger partial charge on any atom is -0.459 e. The summed E-state index contributed by atoms with van der Waals surface area (Å²) < 4.78 is 21.7. The van der Waals surface area contributed by atoms with E-state index in [0.29, 0.717) is 15.6 Å². The fraction of sp³-hybridized carbons (Fsp3) is 0.333. The Balaban J connectivity index is 1.63. The largest absolute Gasteiger partial charge is 0.459 e.